The van der Waals surface area contributed by atoms with Crippen LogP contribution in [0.25, 0.3) is 82.5 Å². The van der Waals surface area contributed by atoms with Gasteiger partial charge in [0.15, 0.2) is 17.9 Å². The summed E-state index contributed by atoms with van der Waals surface area (Å²) in [5, 5.41) is 7.48. The van der Waals surface area contributed by atoms with E-state index in [1.807, 2.05) is 0 Å². The zero-order valence-corrected chi connectivity index (χ0v) is 30.5. The van der Waals surface area contributed by atoms with Crippen LogP contribution in [-0.4, -0.2) is 4.40 Å². The molecule has 0 saturated carbocycles. The lowest BCUT2D eigenvalue weighted by atomic mass is 9.62. The Morgan fingerprint density at radius 3 is 2.35 bits per heavy atom. The van der Waals surface area contributed by atoms with E-state index in [9.17, 15) is 0 Å². The summed E-state index contributed by atoms with van der Waals surface area (Å²) in [4.78, 5) is 0. The standard InChI is InChI=1S/C50H37N3O/c1-5-50-27-29-23-28(49(2,3)4)24-41(53(29)50)37-25-36-33-17-12-16-32-34-20-21-43-44(35-15-8-9-19-42(35)54-43)47(34)52(46(32)33)40(36)26-38(37)45(50)48-31-14-7-6-13-30(31)39-18-10-11-22-51(39)48/h5-26,45,48H,1,27H2,2-4H3/q+2. The molecule has 8 heterocycles. The topological polar surface area (TPSA) is 25.3 Å². The van der Waals surface area contributed by atoms with E-state index in [4.69, 9.17) is 4.42 Å². The van der Waals surface area contributed by atoms with E-state index >= 15 is 0 Å². The Labute approximate surface area is 312 Å². The average Bonchev–Trinajstić information content (AvgIpc) is 3.91. The number of furan rings is 1. The summed E-state index contributed by atoms with van der Waals surface area (Å²) in [5.74, 6) is 0.103. The lowest BCUT2D eigenvalue weighted by molar-refractivity contribution is -0.808. The number of pyridine rings is 2. The molecule has 10 aromatic rings. The SMILES string of the molecule is C=CC12Cc3cc(C(C)(C)C)cc([n+]31)-c1cc3c4cccc5c6ccc7oc8ccccc8c7c6n(c3cc1C2C1c2ccccc2-c2cccc[n+]21)c45. The summed E-state index contributed by atoms with van der Waals surface area (Å²) >= 11 is 0. The number of benzene rings is 5. The molecule has 4 heteroatoms. The molecule has 0 radical (unpaired) electrons. The van der Waals surface area contributed by atoms with Crippen molar-refractivity contribution in [3.05, 3.63) is 163 Å². The van der Waals surface area contributed by atoms with Crippen molar-refractivity contribution in [2.75, 3.05) is 0 Å². The van der Waals surface area contributed by atoms with Crippen LogP contribution in [0.1, 0.15) is 55.1 Å². The van der Waals surface area contributed by atoms with Gasteiger partial charge >= 0.3 is 0 Å². The molecule has 0 spiro atoms. The summed E-state index contributed by atoms with van der Waals surface area (Å²) in [6, 6.07) is 45.7. The van der Waals surface area contributed by atoms with Crippen LogP contribution in [0.15, 0.2) is 145 Å². The molecule has 0 amide bonds. The molecule has 0 saturated heterocycles. The number of hydrogen-bond acceptors (Lipinski definition) is 1. The fraction of sp³-hybridized carbons (Fsp3) is 0.160. The van der Waals surface area contributed by atoms with Crippen molar-refractivity contribution in [3.8, 4) is 22.5 Å². The van der Waals surface area contributed by atoms with E-state index in [0.717, 1.165) is 23.0 Å². The van der Waals surface area contributed by atoms with Gasteiger partial charge in [-0.2, -0.15) is 9.13 Å². The highest BCUT2D eigenvalue weighted by Crippen LogP contribution is 2.57. The second-order valence-electron chi connectivity index (χ2n) is 17.0. The zero-order chi connectivity index (χ0) is 35.8. The second kappa shape index (κ2) is 9.45. The number of para-hydroxylation sites is 2. The summed E-state index contributed by atoms with van der Waals surface area (Å²) in [5.41, 5.74) is 16.1. The van der Waals surface area contributed by atoms with E-state index < -0.39 is 0 Å². The number of nitrogens with zero attached hydrogens (tertiary/aromatic N) is 3. The van der Waals surface area contributed by atoms with Crippen LogP contribution < -0.4 is 9.13 Å². The van der Waals surface area contributed by atoms with Crippen LogP contribution in [0.5, 0.6) is 0 Å². The Balaban J connectivity index is 1.22. The maximum absolute atomic E-state index is 6.50. The third-order valence-electron chi connectivity index (χ3n) is 13.4. The molecule has 5 aromatic heterocycles. The molecule has 3 atom stereocenters. The molecule has 0 aliphatic carbocycles. The van der Waals surface area contributed by atoms with Crippen molar-refractivity contribution in [3.63, 3.8) is 0 Å². The molecular weight excluding hydrogens is 659 g/mol. The van der Waals surface area contributed by atoms with Crippen LogP contribution >= 0.6 is 0 Å². The minimum atomic E-state index is -0.294. The third kappa shape index (κ3) is 3.25. The van der Waals surface area contributed by atoms with Crippen molar-refractivity contribution in [2.45, 2.75) is 50.1 Å². The average molecular weight is 696 g/mol. The van der Waals surface area contributed by atoms with Gasteiger partial charge in [0.1, 0.15) is 23.5 Å². The van der Waals surface area contributed by atoms with Gasteiger partial charge in [-0.25, -0.2) is 0 Å². The van der Waals surface area contributed by atoms with E-state index in [2.05, 4.69) is 174 Å². The molecular formula is C50H37N3O+2. The van der Waals surface area contributed by atoms with Crippen molar-refractivity contribution in [1.82, 2.24) is 4.40 Å². The summed E-state index contributed by atoms with van der Waals surface area (Å²) in [7, 11) is 0. The first-order valence-corrected chi connectivity index (χ1v) is 19.3. The molecule has 0 N–H and O–H groups in total. The van der Waals surface area contributed by atoms with Crippen LogP contribution in [0.2, 0.25) is 0 Å². The number of allylic oxidation sites excluding steroid dienone is 1. The normalized spacial score (nSPS) is 19.8. The third-order valence-corrected chi connectivity index (χ3v) is 13.4. The Kier molecular flexibility index (Phi) is 5.11. The first kappa shape index (κ1) is 29.2. The van der Waals surface area contributed by atoms with Gasteiger partial charge in [0.25, 0.3) is 0 Å². The number of hydrogen-bond donors (Lipinski definition) is 0. The fourth-order valence-electron chi connectivity index (χ4n) is 11.1. The van der Waals surface area contributed by atoms with Crippen LogP contribution in [-0.2, 0) is 17.4 Å². The van der Waals surface area contributed by atoms with Gasteiger partial charge in [-0.15, -0.1) is 0 Å². The highest BCUT2D eigenvalue weighted by atomic mass is 16.3. The van der Waals surface area contributed by atoms with Gasteiger partial charge in [-0.3, -0.25) is 0 Å². The van der Waals surface area contributed by atoms with E-state index in [0.29, 0.717) is 0 Å². The Morgan fingerprint density at radius 1 is 0.704 bits per heavy atom. The van der Waals surface area contributed by atoms with Crippen molar-refractivity contribution in [1.29, 1.82) is 0 Å². The molecule has 3 aliphatic heterocycles. The van der Waals surface area contributed by atoms with Gasteiger partial charge in [-0.1, -0.05) is 81.9 Å². The maximum atomic E-state index is 6.50. The van der Waals surface area contributed by atoms with Gasteiger partial charge in [-0.05, 0) is 65.1 Å². The largest absolute Gasteiger partial charge is 0.456 e. The van der Waals surface area contributed by atoms with Crippen molar-refractivity contribution >= 4 is 60.0 Å². The Morgan fingerprint density at radius 2 is 1.48 bits per heavy atom. The van der Waals surface area contributed by atoms with E-state index in [-0.39, 0.29) is 22.9 Å². The quantitative estimate of drug-likeness (QED) is 0.131. The number of rotatable bonds is 2. The lowest BCUT2D eigenvalue weighted by Gasteiger charge is -2.46. The first-order valence-electron chi connectivity index (χ1n) is 19.3. The van der Waals surface area contributed by atoms with Gasteiger partial charge < -0.3 is 8.82 Å². The van der Waals surface area contributed by atoms with Gasteiger partial charge in [0.05, 0.1) is 33.1 Å². The maximum Gasteiger partial charge on any atom is 0.214 e. The zero-order valence-electron chi connectivity index (χ0n) is 30.5. The molecule has 4 nitrogen and oxygen atoms in total. The summed E-state index contributed by atoms with van der Waals surface area (Å²) in [6.07, 6.45) is 5.53. The van der Waals surface area contributed by atoms with Crippen LogP contribution in [0, 0.1) is 0 Å². The Bertz CT molecular complexity index is 3290. The van der Waals surface area contributed by atoms with Crippen LogP contribution in [0.4, 0.5) is 0 Å². The first-order chi connectivity index (χ1) is 26.4. The van der Waals surface area contributed by atoms with Crippen LogP contribution in [0.3, 0.4) is 0 Å². The molecule has 0 fully saturated rings. The van der Waals surface area contributed by atoms with E-state index in [1.54, 1.807) is 0 Å². The highest BCUT2D eigenvalue weighted by Gasteiger charge is 2.66. The van der Waals surface area contributed by atoms with Crippen molar-refractivity contribution < 1.29 is 13.6 Å². The minimum absolute atomic E-state index is 0.0209. The predicted octanol–water partition coefficient (Wildman–Crippen LogP) is 11.1. The number of aromatic nitrogens is 3. The number of fused-ring (bicyclic) bond motifs is 15. The minimum Gasteiger partial charge on any atom is -0.456 e. The summed E-state index contributed by atoms with van der Waals surface area (Å²) < 4.78 is 14.3. The Hall–Kier alpha value is -6.26. The second-order valence-corrected chi connectivity index (χ2v) is 17.0. The lowest BCUT2D eigenvalue weighted by Crippen LogP contribution is -2.74. The molecule has 256 valence electrons. The van der Waals surface area contributed by atoms with Crippen molar-refractivity contribution in [2.24, 2.45) is 0 Å². The molecule has 54 heavy (non-hydrogen) atoms. The molecule has 5 aromatic carbocycles. The van der Waals surface area contributed by atoms with E-state index in [1.165, 1.54) is 88.4 Å². The smallest absolute Gasteiger partial charge is 0.214 e. The molecule has 3 unspecified atom stereocenters. The monoisotopic (exact) mass is 695 g/mol. The fourth-order valence-corrected chi connectivity index (χ4v) is 11.1. The highest BCUT2D eigenvalue weighted by molar-refractivity contribution is 6.30. The summed E-state index contributed by atoms with van der Waals surface area (Å²) in [6.45, 7) is 11.7. The molecule has 3 aliphatic rings. The molecule has 0 bridgehead atoms. The van der Waals surface area contributed by atoms with Gasteiger partial charge in [0.2, 0.25) is 16.9 Å². The molecule has 13 rings (SSSR count). The van der Waals surface area contributed by atoms with Gasteiger partial charge in [0, 0.05) is 56.8 Å². The predicted molar refractivity (Wildman–Crippen MR) is 218 cm³/mol.